The summed E-state index contributed by atoms with van der Waals surface area (Å²) in [5.74, 6) is -0.362. The van der Waals surface area contributed by atoms with Crippen LogP contribution in [0.25, 0.3) is 4.85 Å². The first-order valence-electron chi connectivity index (χ1n) is 13.7. The summed E-state index contributed by atoms with van der Waals surface area (Å²) >= 11 is 0. The van der Waals surface area contributed by atoms with Crippen molar-refractivity contribution in [2.45, 2.75) is 78.2 Å². The number of hydrogen-bond acceptors (Lipinski definition) is 7. The van der Waals surface area contributed by atoms with Crippen molar-refractivity contribution >= 4 is 20.5 Å². The summed E-state index contributed by atoms with van der Waals surface area (Å²) in [7, 11) is -1.42. The van der Waals surface area contributed by atoms with Crippen molar-refractivity contribution in [3.8, 4) is 0 Å². The third kappa shape index (κ3) is 8.23. The van der Waals surface area contributed by atoms with Crippen LogP contribution < -0.4 is 10.6 Å². The molecule has 0 aliphatic carbocycles. The van der Waals surface area contributed by atoms with Gasteiger partial charge >= 0.3 is 6.03 Å². The smallest absolute Gasteiger partial charge is 0.325 e. The quantitative estimate of drug-likeness (QED) is 0.193. The Labute approximate surface area is 238 Å². The molecule has 6 atom stereocenters. The van der Waals surface area contributed by atoms with Crippen molar-refractivity contribution in [2.75, 3.05) is 26.4 Å². The number of amides is 3. The van der Waals surface area contributed by atoms with Gasteiger partial charge in [-0.3, -0.25) is 9.69 Å². The maximum atomic E-state index is 13.1. The molecule has 1 fully saturated rings. The van der Waals surface area contributed by atoms with Crippen LogP contribution in [-0.4, -0.2) is 84.6 Å². The molecule has 12 heteroatoms. The maximum absolute atomic E-state index is 13.1. The molecule has 2 unspecified atom stereocenters. The van der Waals surface area contributed by atoms with E-state index in [0.29, 0.717) is 12.2 Å². The third-order valence-corrected chi connectivity index (χ3v) is 8.68. The van der Waals surface area contributed by atoms with E-state index in [0.717, 1.165) is 0 Å². The average Bonchev–Trinajstić information content (AvgIpc) is 3.22. The van der Waals surface area contributed by atoms with Crippen LogP contribution in [0.3, 0.4) is 0 Å². The van der Waals surface area contributed by atoms with Crippen LogP contribution in [0.5, 0.6) is 0 Å². The van der Waals surface area contributed by atoms with E-state index in [1.54, 1.807) is 36.5 Å². The van der Waals surface area contributed by atoms with E-state index in [4.69, 9.17) is 25.1 Å². The zero-order valence-electron chi connectivity index (χ0n) is 24.1. The SMILES string of the molecule is [C-]#[N+]CCOP(OC[C@H]1O[C@@H](N2C=CC(NC(=O)c3ccccc3)NC2=O)[C@H](OCC)[C@@H]1C)N(C(C)C)C(C)C. The van der Waals surface area contributed by atoms with Gasteiger partial charge in [0, 0.05) is 36.4 Å². The van der Waals surface area contributed by atoms with Crippen LogP contribution in [0.4, 0.5) is 4.79 Å². The Morgan fingerprint density at radius 1 is 1.23 bits per heavy atom. The maximum Gasteiger partial charge on any atom is 0.325 e. The predicted molar refractivity (Wildman–Crippen MR) is 153 cm³/mol. The molecule has 1 aromatic rings. The molecule has 2 N–H and O–H groups in total. The Bertz CT molecular complexity index is 1030. The summed E-state index contributed by atoms with van der Waals surface area (Å²) in [5, 5.41) is 5.61. The minimum Gasteiger partial charge on any atom is -0.373 e. The van der Waals surface area contributed by atoms with Crippen molar-refractivity contribution in [3.05, 3.63) is 59.6 Å². The van der Waals surface area contributed by atoms with Crippen LogP contribution >= 0.6 is 8.53 Å². The lowest BCUT2D eigenvalue weighted by molar-refractivity contribution is -0.0801. The molecule has 40 heavy (non-hydrogen) atoms. The van der Waals surface area contributed by atoms with Crippen LogP contribution in [0.1, 0.15) is 51.9 Å². The first-order valence-corrected chi connectivity index (χ1v) is 14.9. The molecule has 2 heterocycles. The molecular weight excluding hydrogens is 533 g/mol. The van der Waals surface area contributed by atoms with Gasteiger partial charge in [0.15, 0.2) is 6.23 Å². The lowest BCUT2D eigenvalue weighted by Crippen LogP contribution is -2.57. The Morgan fingerprint density at radius 2 is 1.93 bits per heavy atom. The molecule has 1 saturated heterocycles. The average molecular weight is 576 g/mol. The molecule has 11 nitrogen and oxygen atoms in total. The van der Waals surface area contributed by atoms with Gasteiger partial charge < -0.3 is 34.0 Å². The van der Waals surface area contributed by atoms with Gasteiger partial charge in [-0.25, -0.2) is 16.0 Å². The van der Waals surface area contributed by atoms with E-state index in [2.05, 4.69) is 47.8 Å². The van der Waals surface area contributed by atoms with Crippen molar-refractivity contribution in [1.82, 2.24) is 20.2 Å². The highest BCUT2D eigenvalue weighted by atomic mass is 31.2. The van der Waals surface area contributed by atoms with Crippen LogP contribution in [-0.2, 0) is 18.5 Å². The van der Waals surface area contributed by atoms with Gasteiger partial charge in [0.25, 0.3) is 14.4 Å². The first-order chi connectivity index (χ1) is 19.2. The Hall–Kier alpha value is -2.58. The minimum absolute atomic E-state index is 0.0756. The van der Waals surface area contributed by atoms with E-state index in [1.807, 2.05) is 19.9 Å². The zero-order valence-corrected chi connectivity index (χ0v) is 25.0. The van der Waals surface area contributed by atoms with E-state index in [9.17, 15) is 9.59 Å². The largest absolute Gasteiger partial charge is 0.373 e. The summed E-state index contributed by atoms with van der Waals surface area (Å²) in [4.78, 5) is 30.5. The fourth-order valence-electron chi connectivity index (χ4n) is 4.74. The fourth-order valence-corrected chi connectivity index (χ4v) is 6.35. The molecule has 3 amide bonds. The Morgan fingerprint density at radius 3 is 2.52 bits per heavy atom. The highest BCUT2D eigenvalue weighted by Crippen LogP contribution is 2.47. The standard InChI is InChI=1S/C28H42N5O6P/c1-8-36-25-21(6)23(18-38-40(37-17-15-29-7)33(19(2)3)20(4)5)39-27(25)32-16-14-24(31-28(32)35)30-26(34)22-12-10-9-11-13-22/h9-14,16,19-21,23-25,27H,8,15,17-18H2,1-6H3,(H,30,34)(H,31,35)/t21-,23-,24?,25-,27-,40?/m1/s1. The van der Waals surface area contributed by atoms with Crippen LogP contribution in [0.15, 0.2) is 42.6 Å². The molecule has 1 aromatic carbocycles. The normalized spacial score (nSPS) is 25.4. The number of nitrogens with one attached hydrogen (secondary N) is 2. The van der Waals surface area contributed by atoms with E-state index in [1.165, 1.54) is 4.90 Å². The molecule has 3 rings (SSSR count). The molecule has 0 aromatic heterocycles. The van der Waals surface area contributed by atoms with Gasteiger partial charge in [-0.2, -0.15) is 0 Å². The van der Waals surface area contributed by atoms with Gasteiger partial charge in [-0.15, -0.1) is 0 Å². The van der Waals surface area contributed by atoms with Crippen LogP contribution in [0, 0.1) is 12.5 Å². The Balaban J connectivity index is 1.68. The number of carbonyl (C=O) groups is 2. The van der Waals surface area contributed by atoms with Crippen molar-refractivity contribution in [1.29, 1.82) is 0 Å². The first kappa shape index (κ1) is 31.9. The molecular formula is C28H42N5O6P. The molecule has 0 bridgehead atoms. The highest BCUT2D eigenvalue weighted by molar-refractivity contribution is 7.44. The molecule has 0 radical (unpaired) electrons. The van der Waals surface area contributed by atoms with Gasteiger partial charge in [-0.05, 0) is 52.8 Å². The lowest BCUT2D eigenvalue weighted by atomic mass is 10.0. The summed E-state index contributed by atoms with van der Waals surface area (Å²) in [6, 6.07) is 8.78. The van der Waals surface area contributed by atoms with Crippen molar-refractivity contribution in [2.24, 2.45) is 5.92 Å². The summed E-state index contributed by atoms with van der Waals surface area (Å²) in [5.41, 5.74) is 0.506. The molecule has 2 aliphatic rings. The van der Waals surface area contributed by atoms with Gasteiger partial charge in [-0.1, -0.05) is 25.1 Å². The summed E-state index contributed by atoms with van der Waals surface area (Å²) in [6.45, 7) is 20.6. The number of carbonyl (C=O) groups excluding carboxylic acids is 2. The second-order valence-electron chi connectivity index (χ2n) is 10.2. The van der Waals surface area contributed by atoms with Crippen molar-refractivity contribution < 1.29 is 28.1 Å². The van der Waals surface area contributed by atoms with E-state index in [-0.39, 0.29) is 55.9 Å². The number of hydrogen-bond donors (Lipinski definition) is 2. The monoisotopic (exact) mass is 575 g/mol. The van der Waals surface area contributed by atoms with Gasteiger partial charge in [0.05, 0.1) is 12.7 Å². The van der Waals surface area contributed by atoms with Gasteiger partial charge in [0.2, 0.25) is 6.54 Å². The van der Waals surface area contributed by atoms with Crippen molar-refractivity contribution in [3.63, 3.8) is 0 Å². The van der Waals surface area contributed by atoms with Gasteiger partial charge in [0.1, 0.15) is 18.9 Å². The fraction of sp³-hybridized carbons (Fsp3) is 0.607. The zero-order chi connectivity index (χ0) is 29.2. The Kier molecular flexibility index (Phi) is 12.3. The summed E-state index contributed by atoms with van der Waals surface area (Å²) < 4.78 is 26.9. The molecule has 2 aliphatic heterocycles. The lowest BCUT2D eigenvalue weighted by Gasteiger charge is -2.36. The van der Waals surface area contributed by atoms with Crippen LogP contribution in [0.2, 0.25) is 0 Å². The molecule has 0 saturated carbocycles. The predicted octanol–water partition coefficient (Wildman–Crippen LogP) is 4.35. The number of rotatable bonds is 14. The number of urea groups is 1. The molecule has 220 valence electrons. The number of benzene rings is 1. The third-order valence-electron chi connectivity index (χ3n) is 6.61. The minimum atomic E-state index is -1.42. The summed E-state index contributed by atoms with van der Waals surface area (Å²) in [6.07, 6.45) is 1.26. The van der Waals surface area contributed by atoms with E-state index < -0.39 is 27.0 Å². The van der Waals surface area contributed by atoms with E-state index >= 15 is 0 Å². The highest BCUT2D eigenvalue weighted by Gasteiger charge is 2.47. The second-order valence-corrected chi connectivity index (χ2v) is 11.6. The number of nitrogens with zero attached hydrogens (tertiary/aromatic N) is 3. The molecule has 0 spiro atoms. The topological polar surface area (TPSA) is 106 Å². The second kappa shape index (κ2) is 15.4. The number of ether oxygens (including phenoxy) is 2.